The number of benzene rings is 1. The van der Waals surface area contributed by atoms with Gasteiger partial charge in [-0.15, -0.1) is 11.3 Å². The lowest BCUT2D eigenvalue weighted by molar-refractivity contribution is 0.340. The van der Waals surface area contributed by atoms with E-state index in [-0.39, 0.29) is 4.21 Å². The van der Waals surface area contributed by atoms with Crippen LogP contribution < -0.4 is 9.46 Å². The molecule has 0 spiro atoms. The average molecular weight is 411 g/mol. The molecule has 8 heteroatoms. The maximum absolute atomic E-state index is 12.3. The minimum atomic E-state index is -3.65. The Bertz CT molecular complexity index is 739. The lowest BCUT2D eigenvalue weighted by Gasteiger charge is -2.11. The van der Waals surface area contributed by atoms with Crippen LogP contribution in [0.2, 0.25) is 5.02 Å². The molecule has 0 radical (unpaired) electrons. The fraction of sp³-hybridized carbons (Fsp3) is 0.231. The molecule has 1 heterocycles. The van der Waals surface area contributed by atoms with Gasteiger partial charge in [0.1, 0.15) is 9.96 Å². The Hall–Kier alpha value is -0.760. The Kier molecular flexibility index (Phi) is 5.19. The summed E-state index contributed by atoms with van der Waals surface area (Å²) in [6.07, 6.45) is 0. The van der Waals surface area contributed by atoms with Crippen molar-refractivity contribution in [3.63, 3.8) is 0 Å². The molecule has 0 aliphatic rings. The molecule has 2 aromatic rings. The van der Waals surface area contributed by atoms with Crippen LogP contribution in [0.4, 0.5) is 5.69 Å². The van der Waals surface area contributed by atoms with Gasteiger partial charge in [0.2, 0.25) is 0 Å². The number of nitrogens with one attached hydrogen (secondary N) is 1. The van der Waals surface area contributed by atoms with Gasteiger partial charge >= 0.3 is 0 Å². The van der Waals surface area contributed by atoms with E-state index in [1.807, 2.05) is 13.8 Å². The zero-order chi connectivity index (χ0) is 15.6. The molecule has 0 amide bonds. The van der Waals surface area contributed by atoms with Gasteiger partial charge in [-0.2, -0.15) is 0 Å². The topological polar surface area (TPSA) is 55.4 Å². The number of sulfonamides is 1. The molecule has 0 bridgehead atoms. The van der Waals surface area contributed by atoms with Crippen LogP contribution in [0.1, 0.15) is 12.5 Å². The first-order chi connectivity index (χ1) is 9.83. The molecule has 0 saturated heterocycles. The van der Waals surface area contributed by atoms with Crippen LogP contribution in [0.3, 0.4) is 0 Å². The molecular formula is C13H13BrClNO3S2. The van der Waals surface area contributed by atoms with Crippen molar-refractivity contribution < 1.29 is 13.2 Å². The largest absolute Gasteiger partial charge is 0.494 e. The normalized spacial score (nSPS) is 11.4. The molecule has 0 aliphatic heterocycles. The fourth-order valence-corrected chi connectivity index (χ4v) is 5.19. The van der Waals surface area contributed by atoms with Crippen molar-refractivity contribution in [2.75, 3.05) is 11.3 Å². The Balaban J connectivity index is 2.28. The maximum Gasteiger partial charge on any atom is 0.271 e. The number of hydrogen-bond donors (Lipinski definition) is 1. The average Bonchev–Trinajstić information content (AvgIpc) is 2.74. The van der Waals surface area contributed by atoms with E-state index in [1.165, 1.54) is 6.07 Å². The first-order valence-corrected chi connectivity index (χ1v) is 9.51. The summed E-state index contributed by atoms with van der Waals surface area (Å²) in [6.45, 7) is 4.27. The van der Waals surface area contributed by atoms with Crippen molar-refractivity contribution in [1.82, 2.24) is 0 Å². The number of hydrogen-bond acceptors (Lipinski definition) is 4. The van der Waals surface area contributed by atoms with Gasteiger partial charge in [-0.05, 0) is 59.6 Å². The Morgan fingerprint density at radius 2 is 2.10 bits per heavy atom. The number of ether oxygens (including phenoxy) is 1. The second-order valence-electron chi connectivity index (χ2n) is 4.20. The molecule has 1 aromatic carbocycles. The van der Waals surface area contributed by atoms with Crippen molar-refractivity contribution >= 4 is 54.6 Å². The van der Waals surface area contributed by atoms with Gasteiger partial charge in [0, 0.05) is 0 Å². The highest BCUT2D eigenvalue weighted by atomic mass is 79.9. The van der Waals surface area contributed by atoms with Crippen LogP contribution in [0, 0.1) is 6.92 Å². The van der Waals surface area contributed by atoms with Crippen LogP contribution in [-0.4, -0.2) is 15.0 Å². The molecule has 0 aliphatic carbocycles. The standard InChI is InChI=1S/C13H13BrClNO3S2/c1-3-19-9-4-5-11(8(2)6-9)16-21(17,18)12-7-10(15)13(14)20-12/h4-7,16H,3H2,1-2H3. The van der Waals surface area contributed by atoms with E-state index < -0.39 is 10.0 Å². The third-order valence-electron chi connectivity index (χ3n) is 2.64. The van der Waals surface area contributed by atoms with Gasteiger partial charge in [-0.25, -0.2) is 8.42 Å². The fourth-order valence-electron chi connectivity index (χ4n) is 1.66. The monoisotopic (exact) mass is 409 g/mol. The van der Waals surface area contributed by atoms with Crippen molar-refractivity contribution in [3.05, 3.63) is 38.6 Å². The molecule has 1 N–H and O–H groups in total. The van der Waals surface area contributed by atoms with E-state index >= 15 is 0 Å². The van der Waals surface area contributed by atoms with Gasteiger partial charge < -0.3 is 4.74 Å². The summed E-state index contributed by atoms with van der Waals surface area (Å²) in [4.78, 5) is 0. The Morgan fingerprint density at radius 3 is 2.62 bits per heavy atom. The quantitative estimate of drug-likeness (QED) is 0.779. The molecule has 0 saturated carbocycles. The van der Waals surface area contributed by atoms with Crippen molar-refractivity contribution in [2.45, 2.75) is 18.1 Å². The zero-order valence-electron chi connectivity index (χ0n) is 11.3. The predicted molar refractivity (Wildman–Crippen MR) is 90.2 cm³/mol. The lowest BCUT2D eigenvalue weighted by Crippen LogP contribution is -2.12. The van der Waals surface area contributed by atoms with Crippen molar-refractivity contribution in [1.29, 1.82) is 0 Å². The number of thiophene rings is 1. The summed E-state index contributed by atoms with van der Waals surface area (Å²) in [7, 11) is -3.65. The molecule has 0 unspecified atom stereocenters. The summed E-state index contributed by atoms with van der Waals surface area (Å²) in [5.74, 6) is 0.708. The summed E-state index contributed by atoms with van der Waals surface area (Å²) in [6, 6.07) is 6.62. The van der Waals surface area contributed by atoms with Crippen LogP contribution in [0.15, 0.2) is 32.3 Å². The van der Waals surface area contributed by atoms with Crippen LogP contribution in [0.5, 0.6) is 5.75 Å². The molecule has 1 aromatic heterocycles. The third kappa shape index (κ3) is 3.91. The summed E-state index contributed by atoms with van der Waals surface area (Å²) in [5, 5.41) is 0.379. The molecule has 21 heavy (non-hydrogen) atoms. The molecule has 2 rings (SSSR count). The number of rotatable bonds is 5. The number of aryl methyl sites for hydroxylation is 1. The molecule has 0 atom stereocenters. The molecule has 4 nitrogen and oxygen atoms in total. The predicted octanol–water partition coefficient (Wildman–Crippen LogP) is 4.67. The van der Waals surface area contributed by atoms with E-state index in [0.29, 0.717) is 26.9 Å². The number of halogens is 2. The highest BCUT2D eigenvalue weighted by Gasteiger charge is 2.20. The SMILES string of the molecule is CCOc1ccc(NS(=O)(=O)c2cc(Cl)c(Br)s2)c(C)c1. The number of anilines is 1. The highest BCUT2D eigenvalue weighted by Crippen LogP contribution is 2.35. The second kappa shape index (κ2) is 6.56. The Labute approximate surface area is 141 Å². The first kappa shape index (κ1) is 16.6. The maximum atomic E-state index is 12.3. The minimum absolute atomic E-state index is 0.160. The Morgan fingerprint density at radius 1 is 1.38 bits per heavy atom. The van der Waals surface area contributed by atoms with Crippen LogP contribution in [0.25, 0.3) is 0 Å². The highest BCUT2D eigenvalue weighted by molar-refractivity contribution is 9.11. The van der Waals surface area contributed by atoms with Gasteiger partial charge in [-0.1, -0.05) is 11.6 Å². The van der Waals surface area contributed by atoms with Crippen molar-refractivity contribution in [2.24, 2.45) is 0 Å². The minimum Gasteiger partial charge on any atom is -0.494 e. The lowest BCUT2D eigenvalue weighted by atomic mass is 10.2. The summed E-state index contributed by atoms with van der Waals surface area (Å²) in [5.41, 5.74) is 1.30. The van der Waals surface area contributed by atoms with E-state index in [2.05, 4.69) is 20.7 Å². The van der Waals surface area contributed by atoms with E-state index in [1.54, 1.807) is 18.2 Å². The zero-order valence-corrected chi connectivity index (χ0v) is 15.3. The second-order valence-corrected chi connectivity index (χ2v) is 8.89. The van der Waals surface area contributed by atoms with Gasteiger partial charge in [0.05, 0.1) is 21.1 Å². The van der Waals surface area contributed by atoms with E-state index in [9.17, 15) is 8.42 Å². The van der Waals surface area contributed by atoms with E-state index in [4.69, 9.17) is 16.3 Å². The third-order valence-corrected chi connectivity index (χ3v) is 6.95. The molecule has 114 valence electrons. The molecule has 0 fully saturated rings. The van der Waals surface area contributed by atoms with Gasteiger partial charge in [0.25, 0.3) is 10.0 Å². The van der Waals surface area contributed by atoms with Crippen molar-refractivity contribution in [3.8, 4) is 5.75 Å². The van der Waals surface area contributed by atoms with Crippen LogP contribution in [-0.2, 0) is 10.0 Å². The summed E-state index contributed by atoms with van der Waals surface area (Å²) < 4.78 is 33.3. The summed E-state index contributed by atoms with van der Waals surface area (Å²) >= 11 is 10.2. The van der Waals surface area contributed by atoms with Crippen LogP contribution >= 0.6 is 38.9 Å². The van der Waals surface area contributed by atoms with Gasteiger partial charge in [0.15, 0.2) is 0 Å². The first-order valence-electron chi connectivity index (χ1n) is 6.04. The van der Waals surface area contributed by atoms with Gasteiger partial charge in [-0.3, -0.25) is 4.72 Å². The van der Waals surface area contributed by atoms with E-state index in [0.717, 1.165) is 16.9 Å². The smallest absolute Gasteiger partial charge is 0.271 e. The molecular weight excluding hydrogens is 398 g/mol.